The molecule has 0 unspecified atom stereocenters. The summed E-state index contributed by atoms with van der Waals surface area (Å²) in [4.78, 5) is 22.1. The number of rotatable bonds is 1. The van der Waals surface area contributed by atoms with Crippen LogP contribution in [0.5, 0.6) is 0 Å². The van der Waals surface area contributed by atoms with Crippen molar-refractivity contribution in [1.29, 1.82) is 0 Å². The predicted molar refractivity (Wildman–Crippen MR) is 83.6 cm³/mol. The lowest BCUT2D eigenvalue weighted by Gasteiger charge is -2.33. The summed E-state index contributed by atoms with van der Waals surface area (Å²) in [5, 5.41) is 8.20. The van der Waals surface area contributed by atoms with Crippen molar-refractivity contribution in [1.82, 2.24) is 29.9 Å². The first-order valence-electron chi connectivity index (χ1n) is 7.64. The molecule has 0 spiro atoms. The molecule has 9 heteroatoms. The Morgan fingerprint density at radius 3 is 2.91 bits per heavy atom. The fraction of sp³-hybridized carbons (Fsp3) is 0.643. The summed E-state index contributed by atoms with van der Waals surface area (Å²) in [6.45, 7) is 6.76. The van der Waals surface area contributed by atoms with E-state index in [9.17, 15) is 4.79 Å². The van der Waals surface area contributed by atoms with Gasteiger partial charge in [0.15, 0.2) is 17.0 Å². The molecule has 124 valence electrons. The number of nitrogens with two attached hydrogens (primary N) is 1. The Morgan fingerprint density at radius 1 is 1.39 bits per heavy atom. The molecule has 3 rings (SSSR count). The lowest BCUT2D eigenvalue weighted by atomic mass is 10.1. The van der Waals surface area contributed by atoms with Crippen LogP contribution in [0.4, 0.5) is 10.6 Å². The molecule has 1 saturated heterocycles. The molecule has 0 bridgehead atoms. The number of ether oxygens (including phenoxy) is 1. The Hall–Kier alpha value is -2.45. The fourth-order valence-electron chi connectivity index (χ4n) is 2.67. The second-order valence-corrected chi connectivity index (χ2v) is 6.69. The number of carbonyl (C=O) groups is 1. The number of aromatic nitrogens is 5. The van der Waals surface area contributed by atoms with E-state index in [4.69, 9.17) is 10.5 Å². The molecule has 2 N–H and O–H groups in total. The first-order valence-corrected chi connectivity index (χ1v) is 7.64. The SMILES string of the molecule is CC(C)(C)OC(=O)N1CCC[C@H](n2nnc3c(N)ncnc32)C1. The number of fused-ring (bicyclic) bond motifs is 1. The van der Waals surface area contributed by atoms with Crippen molar-refractivity contribution in [2.75, 3.05) is 18.8 Å². The summed E-state index contributed by atoms with van der Waals surface area (Å²) >= 11 is 0. The lowest BCUT2D eigenvalue weighted by Crippen LogP contribution is -2.43. The van der Waals surface area contributed by atoms with Gasteiger partial charge in [-0.15, -0.1) is 5.10 Å². The summed E-state index contributed by atoms with van der Waals surface area (Å²) in [6, 6.07) is -0.00410. The number of nitrogens with zero attached hydrogens (tertiary/aromatic N) is 6. The molecule has 1 aliphatic rings. The van der Waals surface area contributed by atoms with E-state index in [2.05, 4.69) is 20.3 Å². The quantitative estimate of drug-likeness (QED) is 0.844. The van der Waals surface area contributed by atoms with E-state index in [0.717, 1.165) is 12.8 Å². The molecular weight excluding hydrogens is 298 g/mol. The number of anilines is 1. The van der Waals surface area contributed by atoms with Crippen molar-refractivity contribution < 1.29 is 9.53 Å². The zero-order valence-corrected chi connectivity index (χ0v) is 13.6. The highest BCUT2D eigenvalue weighted by Gasteiger charge is 2.30. The molecule has 0 saturated carbocycles. The van der Waals surface area contributed by atoms with Crippen LogP contribution >= 0.6 is 0 Å². The second kappa shape index (κ2) is 5.64. The van der Waals surface area contributed by atoms with Crippen LogP contribution in [-0.2, 0) is 4.74 Å². The molecule has 23 heavy (non-hydrogen) atoms. The molecule has 1 fully saturated rings. The molecule has 3 heterocycles. The second-order valence-electron chi connectivity index (χ2n) is 6.69. The predicted octanol–water partition coefficient (Wildman–Crippen LogP) is 1.38. The van der Waals surface area contributed by atoms with Gasteiger partial charge in [0, 0.05) is 13.1 Å². The number of hydrogen-bond acceptors (Lipinski definition) is 7. The lowest BCUT2D eigenvalue weighted by molar-refractivity contribution is 0.0168. The number of likely N-dealkylation sites (tertiary alicyclic amines) is 1. The topological polar surface area (TPSA) is 112 Å². The highest BCUT2D eigenvalue weighted by Crippen LogP contribution is 2.25. The third-order valence-electron chi connectivity index (χ3n) is 3.68. The molecule has 1 aliphatic heterocycles. The van der Waals surface area contributed by atoms with Crippen LogP contribution in [0.3, 0.4) is 0 Å². The Labute approximate surface area is 133 Å². The Kier molecular flexibility index (Phi) is 3.78. The van der Waals surface area contributed by atoms with Crippen molar-refractivity contribution in [3.63, 3.8) is 0 Å². The van der Waals surface area contributed by atoms with E-state index in [1.165, 1.54) is 6.33 Å². The Bertz CT molecular complexity index is 721. The molecule has 2 aromatic heterocycles. The first-order chi connectivity index (χ1) is 10.8. The summed E-state index contributed by atoms with van der Waals surface area (Å²) < 4.78 is 7.17. The van der Waals surface area contributed by atoms with Gasteiger partial charge in [0.1, 0.15) is 11.9 Å². The largest absolute Gasteiger partial charge is 0.444 e. The highest BCUT2D eigenvalue weighted by molar-refractivity contribution is 5.80. The van der Waals surface area contributed by atoms with Crippen LogP contribution in [0.1, 0.15) is 39.7 Å². The van der Waals surface area contributed by atoms with Gasteiger partial charge in [0.25, 0.3) is 0 Å². The normalized spacial score (nSPS) is 19.1. The van der Waals surface area contributed by atoms with E-state index in [1.807, 2.05) is 20.8 Å². The maximum absolute atomic E-state index is 12.3. The maximum atomic E-state index is 12.3. The van der Waals surface area contributed by atoms with Gasteiger partial charge >= 0.3 is 6.09 Å². The molecular formula is C14H21N7O2. The Morgan fingerprint density at radius 2 is 2.17 bits per heavy atom. The maximum Gasteiger partial charge on any atom is 0.410 e. The van der Waals surface area contributed by atoms with E-state index >= 15 is 0 Å². The van der Waals surface area contributed by atoms with Gasteiger partial charge in [0.2, 0.25) is 0 Å². The van der Waals surface area contributed by atoms with Crippen molar-refractivity contribution in [3.8, 4) is 0 Å². The average Bonchev–Trinajstić information content (AvgIpc) is 2.91. The minimum absolute atomic E-state index is 0.00410. The zero-order chi connectivity index (χ0) is 16.6. The van der Waals surface area contributed by atoms with Gasteiger partial charge in [-0.25, -0.2) is 19.4 Å². The van der Waals surface area contributed by atoms with Crippen LogP contribution < -0.4 is 5.73 Å². The van der Waals surface area contributed by atoms with Crippen molar-refractivity contribution >= 4 is 23.1 Å². The van der Waals surface area contributed by atoms with E-state index in [0.29, 0.717) is 30.1 Å². The molecule has 1 atom stereocenters. The van der Waals surface area contributed by atoms with Crippen LogP contribution in [-0.4, -0.2) is 54.6 Å². The minimum Gasteiger partial charge on any atom is -0.444 e. The van der Waals surface area contributed by atoms with E-state index in [-0.39, 0.29) is 12.1 Å². The minimum atomic E-state index is -0.508. The van der Waals surface area contributed by atoms with Gasteiger partial charge in [-0.3, -0.25) is 0 Å². The third kappa shape index (κ3) is 3.17. The third-order valence-corrected chi connectivity index (χ3v) is 3.68. The van der Waals surface area contributed by atoms with Crippen molar-refractivity contribution in [3.05, 3.63) is 6.33 Å². The molecule has 2 aromatic rings. The van der Waals surface area contributed by atoms with Crippen LogP contribution in [0.25, 0.3) is 11.2 Å². The molecule has 0 aliphatic carbocycles. The summed E-state index contributed by atoms with van der Waals surface area (Å²) in [6.07, 6.45) is 2.85. The molecule has 1 amide bonds. The van der Waals surface area contributed by atoms with Gasteiger partial charge in [-0.2, -0.15) is 0 Å². The molecule has 9 nitrogen and oxygen atoms in total. The van der Waals surface area contributed by atoms with Gasteiger partial charge in [-0.1, -0.05) is 5.21 Å². The average molecular weight is 319 g/mol. The number of hydrogen-bond donors (Lipinski definition) is 1. The summed E-state index contributed by atoms with van der Waals surface area (Å²) in [7, 11) is 0. The number of carbonyl (C=O) groups excluding carboxylic acids is 1. The monoisotopic (exact) mass is 319 g/mol. The number of nitrogen functional groups attached to an aromatic ring is 1. The summed E-state index contributed by atoms with van der Waals surface area (Å²) in [5.41, 5.74) is 6.36. The number of piperidine rings is 1. The van der Waals surface area contributed by atoms with Gasteiger partial charge in [-0.05, 0) is 33.6 Å². The van der Waals surface area contributed by atoms with Crippen LogP contribution in [0.2, 0.25) is 0 Å². The van der Waals surface area contributed by atoms with Crippen LogP contribution in [0, 0.1) is 0 Å². The standard InChI is InChI=1S/C14H21N7O2/c1-14(2,3)23-13(22)20-6-4-5-9(7-20)21-12-10(18-19-21)11(15)16-8-17-12/h8-9H,4-7H2,1-3H3,(H2,15,16,17)/t9-/m0/s1. The smallest absolute Gasteiger partial charge is 0.410 e. The van der Waals surface area contributed by atoms with Gasteiger partial charge < -0.3 is 15.4 Å². The number of amides is 1. The zero-order valence-electron chi connectivity index (χ0n) is 13.6. The first kappa shape index (κ1) is 15.4. The van der Waals surface area contributed by atoms with Crippen molar-refractivity contribution in [2.24, 2.45) is 0 Å². The molecule has 0 radical (unpaired) electrons. The van der Waals surface area contributed by atoms with Gasteiger partial charge in [0.05, 0.1) is 6.04 Å². The summed E-state index contributed by atoms with van der Waals surface area (Å²) in [5.74, 6) is 0.307. The fourth-order valence-corrected chi connectivity index (χ4v) is 2.67. The highest BCUT2D eigenvalue weighted by atomic mass is 16.6. The van der Waals surface area contributed by atoms with E-state index in [1.54, 1.807) is 9.58 Å². The van der Waals surface area contributed by atoms with Crippen LogP contribution in [0.15, 0.2) is 6.33 Å². The Balaban J connectivity index is 1.80. The molecule has 0 aromatic carbocycles. The van der Waals surface area contributed by atoms with Crippen molar-refractivity contribution in [2.45, 2.75) is 45.3 Å². The van der Waals surface area contributed by atoms with E-state index < -0.39 is 5.60 Å².